The van der Waals surface area contributed by atoms with Gasteiger partial charge < -0.3 is 20.1 Å². The lowest BCUT2D eigenvalue weighted by Gasteiger charge is -2.23. The van der Waals surface area contributed by atoms with E-state index in [0.29, 0.717) is 17.2 Å². The third-order valence-corrected chi connectivity index (χ3v) is 6.39. The summed E-state index contributed by atoms with van der Waals surface area (Å²) in [5.74, 6) is 0.440. The largest absolute Gasteiger partial charge is 0.483 e. The molecule has 0 aliphatic rings. The number of carbonyl (C=O) groups is 1. The van der Waals surface area contributed by atoms with Crippen LogP contribution in [0.5, 0.6) is 5.88 Å². The first-order chi connectivity index (χ1) is 16.5. The van der Waals surface area contributed by atoms with Crippen LogP contribution in [0.1, 0.15) is 20.8 Å². The topological polar surface area (TPSA) is 149 Å². The molecule has 184 valence electrons. The van der Waals surface area contributed by atoms with Gasteiger partial charge >= 0.3 is 0 Å². The molecule has 0 saturated heterocycles. The number of sulfonamides is 1. The Hall–Kier alpha value is -4.12. The highest BCUT2D eigenvalue weighted by molar-refractivity contribution is 7.92. The maximum Gasteiger partial charge on any atom is 0.290 e. The van der Waals surface area contributed by atoms with Crippen molar-refractivity contribution in [3.8, 4) is 17.0 Å². The summed E-state index contributed by atoms with van der Waals surface area (Å²) in [4.78, 5) is 17.0. The van der Waals surface area contributed by atoms with Gasteiger partial charge in [0.2, 0.25) is 11.8 Å². The molecule has 11 heteroatoms. The molecule has 4 rings (SSSR count). The van der Waals surface area contributed by atoms with E-state index in [1.54, 1.807) is 36.5 Å². The zero-order valence-electron chi connectivity index (χ0n) is 19.8. The number of hydrogen-bond donors (Lipinski definition) is 3. The Labute approximate surface area is 203 Å². The molecule has 0 bridgehead atoms. The van der Waals surface area contributed by atoms with Crippen LogP contribution in [-0.2, 0) is 20.4 Å². The monoisotopic (exact) mass is 497 g/mol. The Morgan fingerprint density at radius 3 is 2.34 bits per heavy atom. The molecule has 0 unspecified atom stereocenters. The number of ether oxygens (including phenoxy) is 1. The van der Waals surface area contributed by atoms with Gasteiger partial charge in [0.25, 0.3) is 16.5 Å². The van der Waals surface area contributed by atoms with Gasteiger partial charge in [0, 0.05) is 23.0 Å². The van der Waals surface area contributed by atoms with Crippen LogP contribution in [0.3, 0.4) is 0 Å². The number of carboxylic acid groups (broad SMARTS) is 1. The van der Waals surface area contributed by atoms with Crippen molar-refractivity contribution in [1.29, 1.82) is 0 Å². The third-order valence-electron chi connectivity index (χ3n) is 5.01. The number of pyridine rings is 1. The molecule has 2 heterocycles. The van der Waals surface area contributed by atoms with Crippen LogP contribution in [0.2, 0.25) is 0 Å². The number of anilines is 2. The number of benzene rings is 2. The predicted octanol–water partition coefficient (Wildman–Crippen LogP) is 3.95. The molecule has 0 aliphatic carbocycles. The first-order valence-electron chi connectivity index (χ1n) is 10.5. The number of nitrogen functional groups attached to an aromatic ring is 1. The minimum atomic E-state index is -3.93. The van der Waals surface area contributed by atoms with Crippen molar-refractivity contribution in [2.45, 2.75) is 31.2 Å². The number of methoxy groups -OCH3 is 1. The van der Waals surface area contributed by atoms with E-state index in [4.69, 9.17) is 20.4 Å². The van der Waals surface area contributed by atoms with Crippen molar-refractivity contribution in [3.63, 3.8) is 0 Å². The lowest BCUT2D eigenvalue weighted by molar-refractivity contribution is -0.122. The highest BCUT2D eigenvalue weighted by Crippen LogP contribution is 2.33. The highest BCUT2D eigenvalue weighted by Gasteiger charge is 2.23. The van der Waals surface area contributed by atoms with Crippen molar-refractivity contribution in [2.24, 2.45) is 0 Å². The summed E-state index contributed by atoms with van der Waals surface area (Å²) in [6.45, 7) is 5.89. The summed E-state index contributed by atoms with van der Waals surface area (Å²) >= 11 is 0. The molecule has 2 aromatic carbocycles. The van der Waals surface area contributed by atoms with Gasteiger partial charge in [-0.2, -0.15) is 0 Å². The predicted molar refractivity (Wildman–Crippen MR) is 135 cm³/mol. The van der Waals surface area contributed by atoms with Gasteiger partial charge in [-0.15, -0.1) is 0 Å². The van der Waals surface area contributed by atoms with Gasteiger partial charge in [0.05, 0.1) is 18.1 Å². The minimum absolute atomic E-state index is 0.0160. The Balaban J connectivity index is 0.00000108. The summed E-state index contributed by atoms with van der Waals surface area (Å²) in [7, 11) is -2.54. The molecule has 4 aromatic rings. The fourth-order valence-electron chi connectivity index (χ4n) is 3.63. The van der Waals surface area contributed by atoms with E-state index >= 15 is 0 Å². The summed E-state index contributed by atoms with van der Waals surface area (Å²) in [6, 6.07) is 15.9. The maximum atomic E-state index is 13.1. The van der Waals surface area contributed by atoms with Gasteiger partial charge in [0.1, 0.15) is 4.90 Å². The third kappa shape index (κ3) is 5.52. The number of nitrogens with one attached hydrogen (secondary N) is 1. The smallest absolute Gasteiger partial charge is 0.290 e. The molecule has 10 nitrogen and oxygen atoms in total. The van der Waals surface area contributed by atoms with E-state index in [-0.39, 0.29) is 22.8 Å². The van der Waals surface area contributed by atoms with Gasteiger partial charge in [0.15, 0.2) is 0 Å². The van der Waals surface area contributed by atoms with Crippen molar-refractivity contribution in [2.75, 3.05) is 17.6 Å². The van der Waals surface area contributed by atoms with Crippen molar-refractivity contribution < 1.29 is 23.1 Å². The van der Waals surface area contributed by atoms with Crippen LogP contribution < -0.4 is 15.2 Å². The standard InChI is InChI=1S/C23H25N5O3S.CH2O2/c1-23(2,3)28-19-12-15(10-11-18(19)26-22(28)24)16-13-20(21(31-4)25-14-16)32(29,30)27-17-8-6-5-7-9-17;2-1-3/h5-14,27H,1-4H3,(H2,24,26);1H,(H,2,3). The number of imidazole rings is 1. The average Bonchev–Trinajstić information content (AvgIpc) is 3.15. The Morgan fingerprint density at radius 2 is 1.74 bits per heavy atom. The minimum Gasteiger partial charge on any atom is -0.483 e. The fraction of sp³-hybridized carbons (Fsp3) is 0.208. The summed E-state index contributed by atoms with van der Waals surface area (Å²) in [6.07, 6.45) is 1.59. The van der Waals surface area contributed by atoms with Gasteiger partial charge in [-0.3, -0.25) is 9.52 Å². The second kappa shape index (κ2) is 10.0. The van der Waals surface area contributed by atoms with Crippen LogP contribution in [0.4, 0.5) is 11.6 Å². The summed E-state index contributed by atoms with van der Waals surface area (Å²) < 4.78 is 36.0. The molecule has 2 aromatic heterocycles. The van der Waals surface area contributed by atoms with E-state index in [9.17, 15) is 8.42 Å². The Kier molecular flexibility index (Phi) is 7.30. The first kappa shape index (κ1) is 25.5. The van der Waals surface area contributed by atoms with E-state index < -0.39 is 10.0 Å². The molecule has 0 atom stereocenters. The van der Waals surface area contributed by atoms with E-state index in [2.05, 4.69) is 14.7 Å². The molecule has 0 aliphatic heterocycles. The average molecular weight is 498 g/mol. The van der Waals surface area contributed by atoms with E-state index in [0.717, 1.165) is 16.6 Å². The van der Waals surface area contributed by atoms with Crippen LogP contribution in [-0.4, -0.2) is 41.6 Å². The molecule has 4 N–H and O–H groups in total. The fourth-order valence-corrected chi connectivity index (χ4v) is 4.83. The molecular weight excluding hydrogens is 470 g/mol. The number of aromatic nitrogens is 3. The lowest BCUT2D eigenvalue weighted by atomic mass is 10.1. The number of nitrogens with zero attached hydrogens (tertiary/aromatic N) is 3. The van der Waals surface area contributed by atoms with Crippen molar-refractivity contribution in [1.82, 2.24) is 14.5 Å². The molecule has 0 fully saturated rings. The molecule has 0 radical (unpaired) electrons. The van der Waals surface area contributed by atoms with Crippen LogP contribution in [0, 0.1) is 0 Å². The summed E-state index contributed by atoms with van der Waals surface area (Å²) in [5.41, 5.74) is 9.37. The number of para-hydroxylation sites is 1. The number of nitrogens with two attached hydrogens (primary N) is 1. The Bertz CT molecular complexity index is 1440. The zero-order valence-corrected chi connectivity index (χ0v) is 20.6. The van der Waals surface area contributed by atoms with Gasteiger partial charge in [-0.25, -0.2) is 18.4 Å². The molecular formula is C24H27N5O5S. The van der Waals surface area contributed by atoms with Crippen molar-refractivity contribution in [3.05, 3.63) is 60.8 Å². The molecule has 35 heavy (non-hydrogen) atoms. The van der Waals surface area contributed by atoms with E-state index in [1.807, 2.05) is 49.6 Å². The Morgan fingerprint density at radius 1 is 1.09 bits per heavy atom. The lowest BCUT2D eigenvalue weighted by Crippen LogP contribution is -2.23. The second-order valence-corrected chi connectivity index (χ2v) is 10.1. The molecule has 0 amide bonds. The summed E-state index contributed by atoms with van der Waals surface area (Å²) in [5, 5.41) is 6.89. The van der Waals surface area contributed by atoms with Gasteiger partial charge in [-0.1, -0.05) is 24.3 Å². The first-order valence-corrected chi connectivity index (χ1v) is 12.0. The SMILES string of the molecule is COc1ncc(-c2ccc3nc(N)n(C(C)(C)C)c3c2)cc1S(=O)(=O)Nc1ccccc1.O=CO. The van der Waals surface area contributed by atoms with Gasteiger partial charge in [-0.05, 0) is 56.7 Å². The molecule has 0 saturated carbocycles. The quantitative estimate of drug-likeness (QED) is 0.351. The van der Waals surface area contributed by atoms with Crippen molar-refractivity contribution >= 4 is 39.2 Å². The normalized spacial score (nSPS) is 11.4. The van der Waals surface area contributed by atoms with E-state index in [1.165, 1.54) is 7.11 Å². The number of rotatable bonds is 5. The second-order valence-electron chi connectivity index (χ2n) is 8.49. The zero-order chi connectivity index (χ0) is 25.8. The number of hydrogen-bond acceptors (Lipinski definition) is 7. The van der Waals surface area contributed by atoms with Crippen LogP contribution >= 0.6 is 0 Å². The molecule has 0 spiro atoms. The maximum absolute atomic E-state index is 13.1. The van der Waals surface area contributed by atoms with Crippen LogP contribution in [0.25, 0.3) is 22.2 Å². The number of fused-ring (bicyclic) bond motifs is 1. The highest BCUT2D eigenvalue weighted by atomic mass is 32.2. The van der Waals surface area contributed by atoms with Crippen LogP contribution in [0.15, 0.2) is 65.7 Å².